The van der Waals surface area contributed by atoms with Gasteiger partial charge in [0.1, 0.15) is 18.1 Å². The van der Waals surface area contributed by atoms with Gasteiger partial charge in [-0.05, 0) is 37.5 Å². The number of rotatable bonds is 13. The molecular weight excluding hydrogens is 416 g/mol. The van der Waals surface area contributed by atoms with Crippen molar-refractivity contribution >= 4 is 35.1 Å². The number of thioether (sulfide) groups is 1. The molecule has 0 amide bonds. The fraction of sp³-hybridized carbons (Fsp3) is 0.619. The topological polar surface area (TPSA) is 104 Å². The van der Waals surface area contributed by atoms with E-state index in [1.54, 1.807) is 36.0 Å². The lowest BCUT2D eigenvalue weighted by Gasteiger charge is -2.20. The summed E-state index contributed by atoms with van der Waals surface area (Å²) in [6, 6.07) is 7.03. The number of hydrogen-bond donors (Lipinski definition) is 3. The molecule has 1 saturated carbocycles. The third kappa shape index (κ3) is 8.54. The van der Waals surface area contributed by atoms with Gasteiger partial charge in [0.2, 0.25) is 0 Å². The Morgan fingerprint density at radius 2 is 2.07 bits per heavy atom. The Bertz CT molecular complexity index is 670. The summed E-state index contributed by atoms with van der Waals surface area (Å²) in [6.07, 6.45) is 2.74. The van der Waals surface area contributed by atoms with Crippen LogP contribution < -0.4 is 4.74 Å². The number of carboxylic acid groups (broad SMARTS) is 1. The summed E-state index contributed by atoms with van der Waals surface area (Å²) in [5.41, 5.74) is 0. The number of carboxylic acids is 1. The Hall–Kier alpha value is -1.28. The lowest BCUT2D eigenvalue weighted by Crippen LogP contribution is -2.24. The molecule has 1 fully saturated rings. The van der Waals surface area contributed by atoms with E-state index in [4.69, 9.17) is 21.4 Å². The molecule has 4 atom stereocenters. The molecule has 162 valence electrons. The summed E-state index contributed by atoms with van der Waals surface area (Å²) in [6.45, 7) is 0.171. The summed E-state index contributed by atoms with van der Waals surface area (Å²) >= 11 is 7.53. The van der Waals surface area contributed by atoms with E-state index in [0.717, 1.165) is 25.7 Å². The number of benzene rings is 1. The second-order valence-electron chi connectivity index (χ2n) is 7.40. The van der Waals surface area contributed by atoms with Crippen LogP contribution in [0.1, 0.15) is 44.9 Å². The van der Waals surface area contributed by atoms with Crippen LogP contribution in [0.4, 0.5) is 0 Å². The van der Waals surface area contributed by atoms with Gasteiger partial charge in [-0.25, -0.2) is 4.79 Å². The Kier molecular flexibility index (Phi) is 10.3. The van der Waals surface area contributed by atoms with Crippen molar-refractivity contribution in [3.05, 3.63) is 29.3 Å². The zero-order chi connectivity index (χ0) is 21.2. The molecule has 3 N–H and O–H groups in total. The van der Waals surface area contributed by atoms with Gasteiger partial charge in [0.15, 0.2) is 6.10 Å². The van der Waals surface area contributed by atoms with Gasteiger partial charge in [0.05, 0.1) is 6.10 Å². The van der Waals surface area contributed by atoms with Crippen LogP contribution in [0.3, 0.4) is 0 Å². The average Bonchev–Trinajstić information content (AvgIpc) is 3.04. The molecule has 0 aromatic heterocycles. The number of aliphatic hydroxyl groups excluding tert-OH is 2. The largest absolute Gasteiger partial charge is 0.491 e. The first-order valence-corrected chi connectivity index (χ1v) is 11.4. The highest BCUT2D eigenvalue weighted by Gasteiger charge is 2.34. The molecule has 2 rings (SSSR count). The summed E-state index contributed by atoms with van der Waals surface area (Å²) in [7, 11) is 0. The van der Waals surface area contributed by atoms with Crippen LogP contribution >= 0.6 is 23.4 Å². The van der Waals surface area contributed by atoms with Crippen molar-refractivity contribution in [3.8, 4) is 5.75 Å². The van der Waals surface area contributed by atoms with Crippen LogP contribution in [0.15, 0.2) is 24.3 Å². The molecule has 1 aromatic rings. The minimum absolute atomic E-state index is 0.00885. The fourth-order valence-electron chi connectivity index (χ4n) is 3.46. The highest BCUT2D eigenvalue weighted by molar-refractivity contribution is 8.00. The smallest absolute Gasteiger partial charge is 0.332 e. The highest BCUT2D eigenvalue weighted by Crippen LogP contribution is 2.36. The normalized spacial score (nSPS) is 21.1. The lowest BCUT2D eigenvalue weighted by molar-refractivity contribution is -0.147. The van der Waals surface area contributed by atoms with Crippen molar-refractivity contribution in [2.45, 2.75) is 62.4 Å². The Morgan fingerprint density at radius 1 is 1.28 bits per heavy atom. The van der Waals surface area contributed by atoms with Crippen molar-refractivity contribution < 1.29 is 29.6 Å². The molecule has 0 heterocycles. The first kappa shape index (κ1) is 24.0. The highest BCUT2D eigenvalue weighted by atomic mass is 35.5. The van der Waals surface area contributed by atoms with E-state index in [9.17, 15) is 19.8 Å². The molecule has 0 aliphatic heterocycles. The molecule has 29 heavy (non-hydrogen) atoms. The van der Waals surface area contributed by atoms with E-state index in [-0.39, 0.29) is 30.0 Å². The predicted octanol–water partition coefficient (Wildman–Crippen LogP) is 3.56. The maximum Gasteiger partial charge on any atom is 0.332 e. The van der Waals surface area contributed by atoms with Gasteiger partial charge < -0.3 is 20.1 Å². The maximum absolute atomic E-state index is 12.2. The minimum Gasteiger partial charge on any atom is -0.491 e. The summed E-state index contributed by atoms with van der Waals surface area (Å²) < 4.78 is 5.56. The van der Waals surface area contributed by atoms with Gasteiger partial charge in [0.25, 0.3) is 0 Å². The number of unbranched alkanes of at least 4 members (excludes halogenated alkanes) is 2. The number of ketones is 1. The molecule has 6 nitrogen and oxygen atoms in total. The molecular formula is C21H29ClO6S. The SMILES string of the molecule is O=C(O)C(O)CCCCC[C@H]1C(=O)CC[C@@H]1SCC(O)COc1cccc(Cl)c1. The van der Waals surface area contributed by atoms with E-state index >= 15 is 0 Å². The van der Waals surface area contributed by atoms with E-state index in [2.05, 4.69) is 0 Å². The Morgan fingerprint density at radius 3 is 2.79 bits per heavy atom. The van der Waals surface area contributed by atoms with Crippen molar-refractivity contribution in [3.63, 3.8) is 0 Å². The van der Waals surface area contributed by atoms with Gasteiger partial charge in [-0.15, -0.1) is 0 Å². The summed E-state index contributed by atoms with van der Waals surface area (Å²) in [4.78, 5) is 22.8. The molecule has 1 aromatic carbocycles. The number of halogens is 1. The maximum atomic E-state index is 12.2. The van der Waals surface area contributed by atoms with Crippen LogP contribution in [0, 0.1) is 5.92 Å². The van der Waals surface area contributed by atoms with Crippen LogP contribution in [0.25, 0.3) is 0 Å². The van der Waals surface area contributed by atoms with Crippen molar-refractivity contribution in [2.75, 3.05) is 12.4 Å². The van der Waals surface area contributed by atoms with E-state index in [0.29, 0.717) is 29.4 Å². The quantitative estimate of drug-likeness (QED) is 0.399. The lowest BCUT2D eigenvalue weighted by atomic mass is 9.98. The van der Waals surface area contributed by atoms with Crippen LogP contribution in [0.2, 0.25) is 5.02 Å². The number of aliphatic carboxylic acids is 1. The van der Waals surface area contributed by atoms with Crippen molar-refractivity contribution in [2.24, 2.45) is 5.92 Å². The predicted molar refractivity (Wildman–Crippen MR) is 114 cm³/mol. The molecule has 1 aliphatic carbocycles. The van der Waals surface area contributed by atoms with Gasteiger partial charge in [-0.3, -0.25) is 4.79 Å². The Balaban J connectivity index is 1.66. The van der Waals surface area contributed by atoms with Crippen LogP contribution in [0.5, 0.6) is 5.75 Å². The number of carbonyl (C=O) groups is 2. The van der Waals surface area contributed by atoms with E-state index in [1.807, 2.05) is 0 Å². The number of aliphatic hydroxyl groups is 2. The van der Waals surface area contributed by atoms with E-state index in [1.165, 1.54) is 0 Å². The van der Waals surface area contributed by atoms with Crippen molar-refractivity contribution in [1.82, 2.24) is 0 Å². The first-order valence-electron chi connectivity index (χ1n) is 9.98. The minimum atomic E-state index is -1.30. The first-order chi connectivity index (χ1) is 13.9. The summed E-state index contributed by atoms with van der Waals surface area (Å²) in [5.74, 6) is 0.191. The van der Waals surface area contributed by atoms with Crippen molar-refractivity contribution in [1.29, 1.82) is 0 Å². The number of Topliss-reactive ketones (excluding diaryl/α,β-unsaturated/α-hetero) is 1. The molecule has 0 bridgehead atoms. The Labute approximate surface area is 180 Å². The third-order valence-corrected chi connectivity index (χ3v) is 6.86. The number of carbonyl (C=O) groups excluding carboxylic acids is 1. The molecule has 1 aliphatic rings. The zero-order valence-corrected chi connectivity index (χ0v) is 17.9. The molecule has 0 saturated heterocycles. The van der Waals surface area contributed by atoms with Gasteiger partial charge in [0, 0.05) is 28.4 Å². The second kappa shape index (κ2) is 12.4. The monoisotopic (exact) mass is 444 g/mol. The third-order valence-electron chi connectivity index (χ3n) is 5.06. The second-order valence-corrected chi connectivity index (χ2v) is 9.11. The molecule has 8 heteroatoms. The molecule has 0 radical (unpaired) electrons. The van der Waals surface area contributed by atoms with Crippen LogP contribution in [-0.4, -0.2) is 56.9 Å². The number of ether oxygens (including phenoxy) is 1. The van der Waals surface area contributed by atoms with Gasteiger partial charge in [-0.1, -0.05) is 36.9 Å². The molecule has 0 spiro atoms. The standard InChI is InChI=1S/C21H29ClO6S/c22-14-5-4-6-16(11-14)28-12-15(23)13-29-20-10-9-18(24)17(20)7-2-1-3-8-19(25)21(26)27/h4-6,11,15,17,19-20,23,25H,1-3,7-10,12-13H2,(H,26,27)/t15?,17-,19?,20-/m0/s1. The van der Waals surface area contributed by atoms with Crippen LogP contribution in [-0.2, 0) is 9.59 Å². The zero-order valence-electron chi connectivity index (χ0n) is 16.3. The summed E-state index contributed by atoms with van der Waals surface area (Å²) in [5, 5.41) is 28.9. The fourth-order valence-corrected chi connectivity index (χ4v) is 5.01. The van der Waals surface area contributed by atoms with Gasteiger partial charge >= 0.3 is 5.97 Å². The van der Waals surface area contributed by atoms with Gasteiger partial charge in [-0.2, -0.15) is 11.8 Å². The average molecular weight is 445 g/mol. The molecule has 2 unspecified atom stereocenters. The number of hydrogen-bond acceptors (Lipinski definition) is 6. The van der Waals surface area contributed by atoms with E-state index < -0.39 is 18.2 Å².